The Labute approximate surface area is 154 Å². The standard InChI is InChI=1S/C19H17NO5S/c1-12(18(22)13-7-9-14(23-2)10-8-13)24-17(21)11-26-19-20-15-5-3-4-6-16(15)25-19/h3-10,12H,11H2,1-2H3/t12-/m0/s1. The quantitative estimate of drug-likeness (QED) is 0.355. The molecule has 1 heterocycles. The van der Waals surface area contributed by atoms with Gasteiger partial charge in [-0.15, -0.1) is 0 Å². The lowest BCUT2D eigenvalue weighted by Gasteiger charge is -2.12. The third-order valence-corrected chi connectivity index (χ3v) is 4.44. The topological polar surface area (TPSA) is 78.6 Å². The summed E-state index contributed by atoms with van der Waals surface area (Å²) < 4.78 is 15.8. The van der Waals surface area contributed by atoms with Crippen LogP contribution in [0.5, 0.6) is 5.75 Å². The SMILES string of the molecule is COc1ccc(C(=O)[C@H](C)OC(=O)CSc2nc3ccccc3o2)cc1. The van der Waals surface area contributed by atoms with Crippen LogP contribution in [0, 0.1) is 0 Å². The fourth-order valence-corrected chi connectivity index (χ4v) is 2.93. The number of fused-ring (bicyclic) bond motifs is 1. The van der Waals surface area contributed by atoms with E-state index in [1.807, 2.05) is 18.2 Å². The molecule has 0 bridgehead atoms. The highest BCUT2D eigenvalue weighted by molar-refractivity contribution is 7.99. The van der Waals surface area contributed by atoms with Gasteiger partial charge in [-0.2, -0.15) is 0 Å². The van der Waals surface area contributed by atoms with Crippen LogP contribution in [0.3, 0.4) is 0 Å². The van der Waals surface area contributed by atoms with Gasteiger partial charge in [-0.3, -0.25) is 9.59 Å². The van der Waals surface area contributed by atoms with Crippen LogP contribution in [0.15, 0.2) is 58.2 Å². The highest BCUT2D eigenvalue weighted by atomic mass is 32.2. The Morgan fingerprint density at radius 3 is 2.58 bits per heavy atom. The predicted molar refractivity (Wildman–Crippen MR) is 97.6 cm³/mol. The molecule has 0 fully saturated rings. The second-order valence-corrected chi connectivity index (χ2v) is 6.39. The number of para-hydroxylation sites is 2. The maximum absolute atomic E-state index is 12.3. The smallest absolute Gasteiger partial charge is 0.317 e. The van der Waals surface area contributed by atoms with Crippen molar-refractivity contribution in [3.05, 3.63) is 54.1 Å². The van der Waals surface area contributed by atoms with Crippen LogP contribution in [0.1, 0.15) is 17.3 Å². The number of rotatable bonds is 7. The number of carbonyl (C=O) groups is 2. The van der Waals surface area contributed by atoms with Crippen molar-refractivity contribution in [2.45, 2.75) is 18.3 Å². The highest BCUT2D eigenvalue weighted by Crippen LogP contribution is 2.23. The van der Waals surface area contributed by atoms with E-state index in [-0.39, 0.29) is 11.5 Å². The molecular formula is C19H17NO5S. The summed E-state index contributed by atoms with van der Waals surface area (Å²) in [5.74, 6) is -0.118. The first-order valence-electron chi connectivity index (χ1n) is 7.93. The van der Waals surface area contributed by atoms with Crippen molar-refractivity contribution in [2.75, 3.05) is 12.9 Å². The van der Waals surface area contributed by atoms with Crippen LogP contribution in [0.2, 0.25) is 0 Å². The average Bonchev–Trinajstić information content (AvgIpc) is 3.09. The van der Waals surface area contributed by atoms with E-state index in [0.29, 0.717) is 22.1 Å². The van der Waals surface area contributed by atoms with Crippen LogP contribution in [0.4, 0.5) is 0 Å². The molecule has 7 heteroatoms. The number of oxazole rings is 1. The van der Waals surface area contributed by atoms with Gasteiger partial charge in [-0.05, 0) is 43.3 Å². The van der Waals surface area contributed by atoms with E-state index < -0.39 is 12.1 Å². The number of nitrogens with zero attached hydrogens (tertiary/aromatic N) is 1. The van der Waals surface area contributed by atoms with E-state index in [2.05, 4.69) is 4.98 Å². The summed E-state index contributed by atoms with van der Waals surface area (Å²) in [5.41, 5.74) is 1.84. The molecular weight excluding hydrogens is 354 g/mol. The third-order valence-electron chi connectivity index (χ3n) is 3.64. The van der Waals surface area contributed by atoms with Gasteiger partial charge in [0.2, 0.25) is 5.78 Å². The van der Waals surface area contributed by atoms with E-state index in [1.54, 1.807) is 44.4 Å². The lowest BCUT2D eigenvalue weighted by atomic mass is 10.1. The van der Waals surface area contributed by atoms with E-state index in [4.69, 9.17) is 13.9 Å². The predicted octanol–water partition coefficient (Wildman–Crippen LogP) is 3.74. The molecule has 6 nitrogen and oxygen atoms in total. The lowest BCUT2D eigenvalue weighted by Crippen LogP contribution is -2.25. The van der Waals surface area contributed by atoms with Gasteiger partial charge in [0.05, 0.1) is 7.11 Å². The molecule has 0 aliphatic heterocycles. The van der Waals surface area contributed by atoms with Crippen molar-refractivity contribution >= 4 is 34.6 Å². The first-order chi connectivity index (χ1) is 12.6. The van der Waals surface area contributed by atoms with E-state index in [1.165, 1.54) is 0 Å². The molecule has 0 saturated carbocycles. The monoisotopic (exact) mass is 371 g/mol. The summed E-state index contributed by atoms with van der Waals surface area (Å²) in [6, 6.07) is 14.0. The van der Waals surface area contributed by atoms with Crippen molar-refractivity contribution in [3.63, 3.8) is 0 Å². The highest BCUT2D eigenvalue weighted by Gasteiger charge is 2.20. The van der Waals surface area contributed by atoms with Crippen molar-refractivity contribution in [1.82, 2.24) is 4.98 Å². The first kappa shape index (κ1) is 18.0. The maximum Gasteiger partial charge on any atom is 0.317 e. The van der Waals surface area contributed by atoms with E-state index >= 15 is 0 Å². The molecule has 26 heavy (non-hydrogen) atoms. The Balaban J connectivity index is 1.53. The number of ketones is 1. The number of hydrogen-bond acceptors (Lipinski definition) is 7. The molecule has 0 aliphatic rings. The number of Topliss-reactive ketones (excluding diaryl/α,β-unsaturated/α-hetero) is 1. The minimum Gasteiger partial charge on any atom is -0.497 e. The normalized spacial score (nSPS) is 11.9. The molecule has 0 aliphatic carbocycles. The number of methoxy groups -OCH3 is 1. The van der Waals surface area contributed by atoms with Crippen LogP contribution in [0.25, 0.3) is 11.1 Å². The molecule has 0 unspecified atom stereocenters. The number of esters is 1. The Bertz CT molecular complexity index is 886. The van der Waals surface area contributed by atoms with Crippen molar-refractivity contribution in [1.29, 1.82) is 0 Å². The van der Waals surface area contributed by atoms with Crippen molar-refractivity contribution in [2.24, 2.45) is 0 Å². The number of carbonyl (C=O) groups excluding carboxylic acids is 2. The molecule has 0 radical (unpaired) electrons. The zero-order valence-electron chi connectivity index (χ0n) is 14.3. The zero-order valence-corrected chi connectivity index (χ0v) is 15.1. The molecule has 134 valence electrons. The Morgan fingerprint density at radius 2 is 1.88 bits per heavy atom. The van der Waals surface area contributed by atoms with Gasteiger partial charge >= 0.3 is 5.97 Å². The largest absolute Gasteiger partial charge is 0.497 e. The summed E-state index contributed by atoms with van der Waals surface area (Å²) in [5, 5.41) is 0.386. The molecule has 0 saturated heterocycles. The molecule has 1 atom stereocenters. The zero-order chi connectivity index (χ0) is 18.5. The summed E-state index contributed by atoms with van der Waals surface area (Å²) in [4.78, 5) is 28.6. The average molecular weight is 371 g/mol. The van der Waals surface area contributed by atoms with Crippen molar-refractivity contribution in [3.8, 4) is 5.75 Å². The van der Waals surface area contributed by atoms with Gasteiger partial charge in [0.25, 0.3) is 5.22 Å². The number of hydrogen-bond donors (Lipinski definition) is 0. The summed E-state index contributed by atoms with van der Waals surface area (Å²) >= 11 is 1.13. The van der Waals surface area contributed by atoms with E-state index in [9.17, 15) is 9.59 Å². The van der Waals surface area contributed by atoms with Crippen LogP contribution in [-0.2, 0) is 9.53 Å². The number of benzene rings is 2. The first-order valence-corrected chi connectivity index (χ1v) is 8.91. The molecule has 0 N–H and O–H groups in total. The molecule has 0 spiro atoms. The molecule has 1 aromatic heterocycles. The lowest BCUT2D eigenvalue weighted by molar-refractivity contribution is -0.143. The van der Waals surface area contributed by atoms with Gasteiger partial charge in [0, 0.05) is 5.56 Å². The summed E-state index contributed by atoms with van der Waals surface area (Å²) in [6.07, 6.45) is -0.875. The number of aromatic nitrogens is 1. The van der Waals surface area contributed by atoms with Gasteiger partial charge in [0.15, 0.2) is 11.7 Å². The van der Waals surface area contributed by atoms with Crippen molar-refractivity contribution < 1.29 is 23.5 Å². The maximum atomic E-state index is 12.3. The van der Waals surface area contributed by atoms with Gasteiger partial charge in [-0.1, -0.05) is 23.9 Å². The molecule has 3 aromatic rings. The Kier molecular flexibility index (Phi) is 5.58. The van der Waals surface area contributed by atoms with E-state index in [0.717, 1.165) is 17.3 Å². The van der Waals surface area contributed by atoms with Crippen LogP contribution in [-0.4, -0.2) is 35.7 Å². The number of thioether (sulfide) groups is 1. The molecule has 0 amide bonds. The fourth-order valence-electron chi connectivity index (χ4n) is 2.31. The van der Waals surface area contributed by atoms with Crippen LogP contribution >= 0.6 is 11.8 Å². The van der Waals surface area contributed by atoms with Gasteiger partial charge in [0.1, 0.15) is 17.0 Å². The second-order valence-electron chi connectivity index (χ2n) is 5.46. The van der Waals surface area contributed by atoms with Gasteiger partial charge < -0.3 is 13.9 Å². The van der Waals surface area contributed by atoms with Crippen LogP contribution < -0.4 is 4.74 Å². The Hall–Kier alpha value is -2.80. The molecule has 3 rings (SSSR count). The minimum absolute atomic E-state index is 0.00700. The second kappa shape index (κ2) is 8.05. The molecule has 2 aromatic carbocycles. The fraction of sp³-hybridized carbons (Fsp3) is 0.211. The Morgan fingerprint density at radius 1 is 1.15 bits per heavy atom. The summed E-state index contributed by atoms with van der Waals surface area (Å²) in [7, 11) is 1.55. The third kappa shape index (κ3) is 4.23. The van der Waals surface area contributed by atoms with Gasteiger partial charge in [-0.25, -0.2) is 4.98 Å². The number of ether oxygens (including phenoxy) is 2. The summed E-state index contributed by atoms with van der Waals surface area (Å²) in [6.45, 7) is 1.55. The minimum atomic E-state index is -0.875.